The molecule has 0 aromatic heterocycles. The monoisotopic (exact) mass is 246 g/mol. The van der Waals surface area contributed by atoms with E-state index in [1.807, 2.05) is 20.8 Å². The maximum absolute atomic E-state index is 11.8. The van der Waals surface area contributed by atoms with Crippen LogP contribution in [0.2, 0.25) is 0 Å². The fourth-order valence-electron chi connectivity index (χ4n) is 1.49. The molecule has 0 saturated carbocycles. The van der Waals surface area contributed by atoms with Crippen LogP contribution in [0.3, 0.4) is 0 Å². The third kappa shape index (κ3) is 5.42. The van der Waals surface area contributed by atoms with Crippen LogP contribution in [0.15, 0.2) is 0 Å². The predicted molar refractivity (Wildman–Crippen MR) is 69.2 cm³/mol. The third-order valence-electron chi connectivity index (χ3n) is 2.33. The smallest absolute Gasteiger partial charge is 0.230 e. The second-order valence-electron chi connectivity index (χ2n) is 4.43. The van der Waals surface area contributed by atoms with E-state index in [1.165, 1.54) is 0 Å². The molecule has 94 valence electrons. The number of carbonyl (C=O) groups is 1. The quantitative estimate of drug-likeness (QED) is 0.656. The number of methoxy groups -OCH3 is 1. The Balaban J connectivity index is 4.17. The van der Waals surface area contributed by atoms with Crippen molar-refractivity contribution in [3.8, 4) is 0 Å². The van der Waals surface area contributed by atoms with Crippen molar-refractivity contribution in [2.75, 3.05) is 20.3 Å². The van der Waals surface area contributed by atoms with E-state index >= 15 is 0 Å². The van der Waals surface area contributed by atoms with E-state index < -0.39 is 0 Å². The number of amides is 1. The summed E-state index contributed by atoms with van der Waals surface area (Å²) in [7, 11) is 1.64. The molecule has 16 heavy (non-hydrogen) atoms. The fraction of sp³-hybridized carbons (Fsp3) is 0.818. The van der Waals surface area contributed by atoms with Crippen molar-refractivity contribution >= 4 is 23.1 Å². The van der Waals surface area contributed by atoms with Crippen molar-refractivity contribution in [3.05, 3.63) is 0 Å². The van der Waals surface area contributed by atoms with Crippen LogP contribution in [-0.4, -0.2) is 31.2 Å². The number of nitrogens with one attached hydrogen (secondary N) is 1. The third-order valence-corrected chi connectivity index (χ3v) is 2.59. The lowest BCUT2D eigenvalue weighted by Crippen LogP contribution is -2.42. The van der Waals surface area contributed by atoms with Crippen LogP contribution < -0.4 is 11.1 Å². The van der Waals surface area contributed by atoms with Gasteiger partial charge < -0.3 is 15.8 Å². The normalized spacial score (nSPS) is 14.6. The molecule has 5 heteroatoms. The molecular weight excluding hydrogens is 224 g/mol. The molecule has 0 fully saturated rings. The van der Waals surface area contributed by atoms with Gasteiger partial charge in [-0.05, 0) is 11.8 Å². The molecule has 0 saturated heterocycles. The number of hydrogen-bond acceptors (Lipinski definition) is 3. The van der Waals surface area contributed by atoms with Crippen molar-refractivity contribution in [3.63, 3.8) is 0 Å². The molecule has 4 nitrogen and oxygen atoms in total. The van der Waals surface area contributed by atoms with Crippen LogP contribution in [0.4, 0.5) is 0 Å². The highest BCUT2D eigenvalue weighted by atomic mass is 32.1. The molecule has 0 heterocycles. The summed E-state index contributed by atoms with van der Waals surface area (Å²) >= 11 is 4.89. The van der Waals surface area contributed by atoms with Crippen LogP contribution in [0.25, 0.3) is 0 Å². The van der Waals surface area contributed by atoms with Gasteiger partial charge in [0, 0.05) is 13.7 Å². The van der Waals surface area contributed by atoms with E-state index in [4.69, 9.17) is 22.7 Å². The maximum atomic E-state index is 11.8. The van der Waals surface area contributed by atoms with Gasteiger partial charge in [-0.15, -0.1) is 0 Å². The molecule has 0 aromatic carbocycles. The first-order valence-electron chi connectivity index (χ1n) is 5.46. The van der Waals surface area contributed by atoms with E-state index in [2.05, 4.69) is 5.32 Å². The van der Waals surface area contributed by atoms with Crippen molar-refractivity contribution in [2.24, 2.45) is 23.5 Å². The molecule has 0 aliphatic heterocycles. The molecule has 3 N–H and O–H groups in total. The average molecular weight is 246 g/mol. The SMILES string of the molecule is COCC(C)CNC(=O)C(C(N)=S)C(C)C. The van der Waals surface area contributed by atoms with Crippen LogP contribution in [-0.2, 0) is 9.53 Å². The van der Waals surface area contributed by atoms with Crippen molar-refractivity contribution in [1.82, 2.24) is 5.32 Å². The van der Waals surface area contributed by atoms with Gasteiger partial charge in [0.2, 0.25) is 5.91 Å². The summed E-state index contributed by atoms with van der Waals surface area (Å²) in [5.41, 5.74) is 5.55. The Labute approximate surface area is 103 Å². The zero-order valence-electron chi connectivity index (χ0n) is 10.4. The first-order chi connectivity index (χ1) is 7.40. The number of hydrogen-bond donors (Lipinski definition) is 2. The summed E-state index contributed by atoms with van der Waals surface area (Å²) in [6.45, 7) is 7.08. The summed E-state index contributed by atoms with van der Waals surface area (Å²) in [6.07, 6.45) is 0. The molecule has 1 amide bonds. The Morgan fingerprint density at radius 3 is 2.38 bits per heavy atom. The van der Waals surface area contributed by atoms with Gasteiger partial charge >= 0.3 is 0 Å². The van der Waals surface area contributed by atoms with Crippen molar-refractivity contribution in [2.45, 2.75) is 20.8 Å². The fourth-order valence-corrected chi connectivity index (χ4v) is 1.87. The zero-order valence-corrected chi connectivity index (χ0v) is 11.3. The summed E-state index contributed by atoms with van der Waals surface area (Å²) < 4.78 is 4.99. The van der Waals surface area contributed by atoms with Crippen molar-refractivity contribution < 1.29 is 9.53 Å². The van der Waals surface area contributed by atoms with E-state index in [0.717, 1.165) is 0 Å². The Hall–Kier alpha value is -0.680. The van der Waals surface area contributed by atoms with Crippen LogP contribution >= 0.6 is 12.2 Å². The van der Waals surface area contributed by atoms with Crippen LogP contribution in [0.1, 0.15) is 20.8 Å². The van der Waals surface area contributed by atoms with E-state index in [0.29, 0.717) is 13.2 Å². The van der Waals surface area contributed by atoms with Gasteiger partial charge in [0.25, 0.3) is 0 Å². The minimum atomic E-state index is -0.384. The molecule has 0 aliphatic carbocycles. The standard InChI is InChI=1S/C11H22N2O2S/c1-7(2)9(10(12)16)11(14)13-5-8(3)6-15-4/h7-9H,5-6H2,1-4H3,(H2,12,16)(H,13,14). The first kappa shape index (κ1) is 15.3. The number of nitrogens with two attached hydrogens (primary N) is 1. The highest BCUT2D eigenvalue weighted by molar-refractivity contribution is 7.80. The molecule has 0 aliphatic rings. The summed E-state index contributed by atoms with van der Waals surface area (Å²) in [4.78, 5) is 12.1. The van der Waals surface area contributed by atoms with Gasteiger partial charge in [-0.2, -0.15) is 0 Å². The molecular formula is C11H22N2O2S. The molecule has 0 spiro atoms. The van der Waals surface area contributed by atoms with Gasteiger partial charge in [-0.25, -0.2) is 0 Å². The lowest BCUT2D eigenvalue weighted by molar-refractivity contribution is -0.124. The predicted octanol–water partition coefficient (Wildman–Crippen LogP) is 0.943. The van der Waals surface area contributed by atoms with Crippen LogP contribution in [0.5, 0.6) is 0 Å². The lowest BCUT2D eigenvalue weighted by Gasteiger charge is -2.20. The topological polar surface area (TPSA) is 64.3 Å². The minimum absolute atomic E-state index is 0.0922. The molecule has 2 atom stereocenters. The zero-order chi connectivity index (χ0) is 12.7. The minimum Gasteiger partial charge on any atom is -0.393 e. The molecule has 0 bridgehead atoms. The van der Waals surface area contributed by atoms with E-state index in [1.54, 1.807) is 7.11 Å². The highest BCUT2D eigenvalue weighted by Crippen LogP contribution is 2.11. The van der Waals surface area contributed by atoms with E-state index in [9.17, 15) is 4.79 Å². The number of carbonyl (C=O) groups excluding carboxylic acids is 1. The second kappa shape index (κ2) is 7.57. The van der Waals surface area contributed by atoms with Crippen molar-refractivity contribution in [1.29, 1.82) is 0 Å². The van der Waals surface area contributed by atoms with Gasteiger partial charge in [-0.1, -0.05) is 33.0 Å². The van der Waals surface area contributed by atoms with Gasteiger partial charge in [0.05, 0.1) is 17.5 Å². The second-order valence-corrected chi connectivity index (χ2v) is 4.90. The molecule has 0 rings (SSSR count). The number of rotatable bonds is 7. The Morgan fingerprint density at radius 2 is 2.00 bits per heavy atom. The highest BCUT2D eigenvalue weighted by Gasteiger charge is 2.24. The summed E-state index contributed by atoms with van der Waals surface area (Å²) in [5.74, 6) is -0.0708. The molecule has 2 unspecified atom stereocenters. The molecule has 0 radical (unpaired) electrons. The summed E-state index contributed by atoms with van der Waals surface area (Å²) in [6, 6.07) is 0. The van der Waals surface area contributed by atoms with Gasteiger partial charge in [-0.3, -0.25) is 4.79 Å². The van der Waals surface area contributed by atoms with Gasteiger partial charge in [0.1, 0.15) is 0 Å². The summed E-state index contributed by atoms with van der Waals surface area (Å²) in [5, 5.41) is 2.84. The Morgan fingerprint density at radius 1 is 1.44 bits per heavy atom. The van der Waals surface area contributed by atoms with Gasteiger partial charge in [0.15, 0.2) is 0 Å². The van der Waals surface area contributed by atoms with Crippen LogP contribution in [0, 0.1) is 17.8 Å². The number of ether oxygens (including phenoxy) is 1. The lowest BCUT2D eigenvalue weighted by atomic mass is 9.95. The maximum Gasteiger partial charge on any atom is 0.230 e. The Kier molecular flexibility index (Phi) is 7.25. The average Bonchev–Trinajstić information content (AvgIpc) is 2.14. The Bertz CT molecular complexity index is 244. The molecule has 0 aromatic rings. The number of thiocarbonyl (C=S) groups is 1. The largest absolute Gasteiger partial charge is 0.393 e. The first-order valence-corrected chi connectivity index (χ1v) is 5.86. The van der Waals surface area contributed by atoms with E-state index in [-0.39, 0.29) is 28.6 Å².